The molecule has 8 heteroatoms. The normalized spacial score (nSPS) is 35.2. The number of carbonyl (C=O) groups is 2. The standard InChI is InChI=1S/C18H26O7S/c1-12(2)15(19)25-11-17-6-13-5-14(7-17)9-18(8-13,10-17)16(20)24-3-4-26(21,22)23/h13-14H,1,3-11H2,2H3,(H,21,22,23)/p-1. The van der Waals surface area contributed by atoms with E-state index in [0.29, 0.717) is 23.8 Å². The minimum absolute atomic E-state index is 0.223. The highest BCUT2D eigenvalue weighted by atomic mass is 32.2. The molecule has 146 valence electrons. The summed E-state index contributed by atoms with van der Waals surface area (Å²) in [5.41, 5.74) is -0.520. The van der Waals surface area contributed by atoms with E-state index >= 15 is 0 Å². The van der Waals surface area contributed by atoms with Crippen LogP contribution in [0.2, 0.25) is 0 Å². The van der Waals surface area contributed by atoms with Gasteiger partial charge < -0.3 is 14.0 Å². The van der Waals surface area contributed by atoms with Crippen molar-refractivity contribution in [2.75, 3.05) is 19.0 Å². The van der Waals surface area contributed by atoms with E-state index in [1.54, 1.807) is 6.92 Å². The van der Waals surface area contributed by atoms with Crippen LogP contribution in [-0.2, 0) is 29.2 Å². The SMILES string of the molecule is C=C(C)C(=O)OCC12CC3CC(C1)CC(C(=O)OCCS(=O)(=O)[O-])(C3)C2. The van der Waals surface area contributed by atoms with Crippen molar-refractivity contribution in [2.24, 2.45) is 22.7 Å². The molecule has 4 aliphatic carbocycles. The largest absolute Gasteiger partial charge is 0.748 e. The smallest absolute Gasteiger partial charge is 0.333 e. The van der Waals surface area contributed by atoms with E-state index in [1.807, 2.05) is 0 Å². The molecule has 0 spiro atoms. The van der Waals surface area contributed by atoms with E-state index in [9.17, 15) is 22.6 Å². The lowest BCUT2D eigenvalue weighted by atomic mass is 9.44. The zero-order chi connectivity index (χ0) is 19.2. The fraction of sp³-hybridized carbons (Fsp3) is 0.778. The van der Waals surface area contributed by atoms with Gasteiger partial charge in [0.1, 0.15) is 6.61 Å². The van der Waals surface area contributed by atoms with Crippen LogP contribution in [0.3, 0.4) is 0 Å². The minimum atomic E-state index is -4.41. The van der Waals surface area contributed by atoms with Crippen LogP contribution in [0.1, 0.15) is 45.4 Å². The van der Waals surface area contributed by atoms with Gasteiger partial charge in [-0.05, 0) is 57.3 Å². The summed E-state index contributed by atoms with van der Waals surface area (Å²) in [6.07, 6.45) is 4.96. The molecular formula is C18H25O7S-. The monoisotopic (exact) mass is 385 g/mol. The van der Waals surface area contributed by atoms with Crippen molar-refractivity contribution >= 4 is 22.1 Å². The molecule has 4 rings (SSSR count). The van der Waals surface area contributed by atoms with Crippen molar-refractivity contribution in [3.05, 3.63) is 12.2 Å². The number of hydrogen-bond donors (Lipinski definition) is 0. The van der Waals surface area contributed by atoms with Crippen LogP contribution in [0, 0.1) is 22.7 Å². The van der Waals surface area contributed by atoms with Crippen LogP contribution in [0.15, 0.2) is 12.2 Å². The van der Waals surface area contributed by atoms with Crippen molar-refractivity contribution in [1.29, 1.82) is 0 Å². The summed E-state index contributed by atoms with van der Waals surface area (Å²) in [5.74, 6) is -0.765. The summed E-state index contributed by atoms with van der Waals surface area (Å²) in [7, 11) is -4.41. The zero-order valence-electron chi connectivity index (χ0n) is 15.0. The van der Waals surface area contributed by atoms with E-state index < -0.39 is 39.8 Å². The fourth-order valence-electron chi connectivity index (χ4n) is 5.59. The maximum absolute atomic E-state index is 12.7. The number of carbonyl (C=O) groups excluding carboxylic acids is 2. The first kappa shape index (κ1) is 19.4. The molecule has 4 saturated carbocycles. The van der Waals surface area contributed by atoms with Gasteiger partial charge in [0.15, 0.2) is 0 Å². The van der Waals surface area contributed by atoms with E-state index in [2.05, 4.69) is 6.58 Å². The molecule has 0 amide bonds. The first-order valence-electron chi connectivity index (χ1n) is 8.96. The second kappa shape index (κ2) is 6.64. The Morgan fingerprint density at radius 1 is 1.15 bits per heavy atom. The minimum Gasteiger partial charge on any atom is -0.748 e. The molecule has 0 aliphatic heterocycles. The maximum Gasteiger partial charge on any atom is 0.333 e. The molecule has 4 aliphatic rings. The third-order valence-corrected chi connectivity index (χ3v) is 6.71. The van der Waals surface area contributed by atoms with Crippen LogP contribution in [0.4, 0.5) is 0 Å². The van der Waals surface area contributed by atoms with Gasteiger partial charge in [0.05, 0.1) is 27.9 Å². The van der Waals surface area contributed by atoms with Gasteiger partial charge in [0.25, 0.3) is 0 Å². The van der Waals surface area contributed by atoms with Crippen molar-refractivity contribution < 1.29 is 32.0 Å². The second-order valence-electron chi connectivity index (χ2n) is 8.50. The predicted octanol–water partition coefficient (Wildman–Crippen LogP) is 1.78. The lowest BCUT2D eigenvalue weighted by Gasteiger charge is -2.60. The zero-order valence-corrected chi connectivity index (χ0v) is 15.8. The van der Waals surface area contributed by atoms with Crippen LogP contribution in [-0.4, -0.2) is 43.9 Å². The molecule has 0 radical (unpaired) electrons. The Hall–Kier alpha value is -1.41. The quantitative estimate of drug-likeness (QED) is 0.373. The van der Waals surface area contributed by atoms with Crippen LogP contribution in [0.25, 0.3) is 0 Å². The van der Waals surface area contributed by atoms with E-state index in [-0.39, 0.29) is 12.0 Å². The predicted molar refractivity (Wildman–Crippen MR) is 90.8 cm³/mol. The van der Waals surface area contributed by atoms with Crippen LogP contribution in [0.5, 0.6) is 0 Å². The van der Waals surface area contributed by atoms with E-state index in [4.69, 9.17) is 9.47 Å². The average Bonchev–Trinajstić information content (AvgIpc) is 2.50. The van der Waals surface area contributed by atoms with Gasteiger partial charge >= 0.3 is 11.9 Å². The molecule has 0 aromatic carbocycles. The molecular weight excluding hydrogens is 360 g/mol. The average molecular weight is 385 g/mol. The third kappa shape index (κ3) is 3.96. The first-order chi connectivity index (χ1) is 12.0. The van der Waals surface area contributed by atoms with Crippen LogP contribution < -0.4 is 0 Å². The maximum atomic E-state index is 12.7. The molecule has 4 fully saturated rings. The molecule has 26 heavy (non-hydrogen) atoms. The highest BCUT2D eigenvalue weighted by Crippen LogP contribution is 2.65. The highest BCUT2D eigenvalue weighted by molar-refractivity contribution is 7.85. The van der Waals surface area contributed by atoms with Gasteiger partial charge in [0, 0.05) is 11.0 Å². The summed E-state index contributed by atoms with van der Waals surface area (Å²) >= 11 is 0. The van der Waals surface area contributed by atoms with Crippen molar-refractivity contribution in [3.63, 3.8) is 0 Å². The molecule has 7 nitrogen and oxygen atoms in total. The second-order valence-corrected chi connectivity index (χ2v) is 10.0. The topological polar surface area (TPSA) is 110 Å². The molecule has 0 N–H and O–H groups in total. The summed E-state index contributed by atoms with van der Waals surface area (Å²) in [4.78, 5) is 24.5. The van der Waals surface area contributed by atoms with Crippen LogP contribution >= 0.6 is 0 Å². The third-order valence-electron chi connectivity index (χ3n) is 6.04. The summed E-state index contributed by atoms with van der Waals surface area (Å²) < 4.78 is 42.7. The molecule has 0 saturated heterocycles. The lowest BCUT2D eigenvalue weighted by molar-refractivity contribution is -0.187. The number of esters is 2. The van der Waals surface area contributed by atoms with Gasteiger partial charge in [-0.2, -0.15) is 0 Å². The lowest BCUT2D eigenvalue weighted by Crippen LogP contribution is -2.57. The Bertz CT molecular complexity index is 710. The van der Waals surface area contributed by atoms with E-state index in [0.717, 1.165) is 32.1 Å². The van der Waals surface area contributed by atoms with Gasteiger partial charge in [-0.25, -0.2) is 13.2 Å². The van der Waals surface area contributed by atoms with Gasteiger partial charge in [0.2, 0.25) is 0 Å². The number of hydrogen-bond acceptors (Lipinski definition) is 7. The molecule has 2 atom stereocenters. The molecule has 0 heterocycles. The molecule has 0 aromatic rings. The molecule has 2 unspecified atom stereocenters. The van der Waals surface area contributed by atoms with Crippen molar-refractivity contribution in [2.45, 2.75) is 45.4 Å². The molecule has 4 bridgehead atoms. The Kier molecular flexibility index (Phi) is 4.94. The molecule has 0 aromatic heterocycles. The van der Waals surface area contributed by atoms with Crippen molar-refractivity contribution in [1.82, 2.24) is 0 Å². The Morgan fingerprint density at radius 2 is 1.77 bits per heavy atom. The first-order valence-corrected chi connectivity index (χ1v) is 10.5. The Balaban J connectivity index is 1.69. The van der Waals surface area contributed by atoms with E-state index in [1.165, 1.54) is 0 Å². The van der Waals surface area contributed by atoms with Crippen molar-refractivity contribution in [3.8, 4) is 0 Å². The van der Waals surface area contributed by atoms with Gasteiger partial charge in [-0.1, -0.05) is 6.58 Å². The Morgan fingerprint density at radius 3 is 2.31 bits per heavy atom. The summed E-state index contributed by atoms with van der Waals surface area (Å²) in [6, 6.07) is 0. The van der Waals surface area contributed by atoms with Gasteiger partial charge in [-0.15, -0.1) is 0 Å². The van der Waals surface area contributed by atoms with Gasteiger partial charge in [-0.3, -0.25) is 4.79 Å². The highest BCUT2D eigenvalue weighted by Gasteiger charge is 2.61. The fourth-order valence-corrected chi connectivity index (χ4v) is 5.88. The Labute approximate surface area is 153 Å². The summed E-state index contributed by atoms with van der Waals surface area (Å²) in [6.45, 7) is 5.06. The summed E-state index contributed by atoms with van der Waals surface area (Å²) in [5, 5.41) is 0. The number of rotatable bonds is 7. The number of ether oxygens (including phenoxy) is 2.